The summed E-state index contributed by atoms with van der Waals surface area (Å²) in [4.78, 5) is 19.9. The molecule has 0 aliphatic carbocycles. The van der Waals surface area contributed by atoms with E-state index in [0.717, 1.165) is 67.0 Å². The van der Waals surface area contributed by atoms with Crippen LogP contribution in [0.2, 0.25) is 0 Å². The van der Waals surface area contributed by atoms with Gasteiger partial charge in [0.2, 0.25) is 0 Å². The smallest absolute Gasteiger partial charge is 0.337 e. The van der Waals surface area contributed by atoms with Gasteiger partial charge >= 0.3 is 5.97 Å². The van der Waals surface area contributed by atoms with Crippen molar-refractivity contribution in [2.45, 2.75) is 72.1 Å². The zero-order valence-electron chi connectivity index (χ0n) is 22.2. The molecule has 0 spiro atoms. The van der Waals surface area contributed by atoms with E-state index in [9.17, 15) is 9.90 Å². The van der Waals surface area contributed by atoms with E-state index in [1.807, 2.05) is 27.7 Å². The lowest BCUT2D eigenvalue weighted by Crippen LogP contribution is -2.34. The number of rotatable bonds is 8. The lowest BCUT2D eigenvalue weighted by atomic mass is 9.87. The van der Waals surface area contributed by atoms with Gasteiger partial charge in [-0.15, -0.1) is 0 Å². The highest BCUT2D eigenvalue weighted by molar-refractivity contribution is 5.82. The molecule has 0 saturated carbocycles. The summed E-state index contributed by atoms with van der Waals surface area (Å²) >= 11 is 0. The number of fused-ring (bicyclic) bond motifs is 1. The average Bonchev–Trinajstić information content (AvgIpc) is 2.83. The van der Waals surface area contributed by atoms with E-state index in [2.05, 4.69) is 66.4 Å². The molecule has 36 heavy (non-hydrogen) atoms. The highest BCUT2D eigenvalue weighted by atomic mass is 16.5. The Kier molecular flexibility index (Phi) is 7.91. The molecule has 0 radical (unpaired) electrons. The van der Waals surface area contributed by atoms with Crippen molar-refractivity contribution >= 4 is 5.97 Å². The summed E-state index contributed by atoms with van der Waals surface area (Å²) in [5.74, 6) is -0.987. The molecular formula is C31H38N2O3. The van der Waals surface area contributed by atoms with Crippen LogP contribution in [0.5, 0.6) is 0 Å². The number of aliphatic carboxylic acids is 1. The van der Waals surface area contributed by atoms with Gasteiger partial charge in [-0.25, -0.2) is 4.79 Å². The summed E-state index contributed by atoms with van der Waals surface area (Å²) < 4.78 is 6.13. The Morgan fingerprint density at radius 2 is 1.78 bits per heavy atom. The molecule has 1 atom stereocenters. The third kappa shape index (κ3) is 6.21. The Labute approximate surface area is 215 Å². The average molecular weight is 487 g/mol. The summed E-state index contributed by atoms with van der Waals surface area (Å²) in [6, 6.07) is 19.0. The predicted molar refractivity (Wildman–Crippen MR) is 144 cm³/mol. The number of hydrogen-bond acceptors (Lipinski definition) is 4. The number of benzene rings is 2. The molecule has 2 aromatic carbocycles. The zero-order valence-corrected chi connectivity index (χ0v) is 22.2. The monoisotopic (exact) mass is 486 g/mol. The number of pyridine rings is 1. The Bertz CT molecular complexity index is 1200. The number of carbonyl (C=O) groups is 1. The van der Waals surface area contributed by atoms with Crippen LogP contribution >= 0.6 is 0 Å². The fourth-order valence-electron chi connectivity index (χ4n) is 5.06. The van der Waals surface area contributed by atoms with E-state index in [-0.39, 0.29) is 0 Å². The van der Waals surface area contributed by atoms with Crippen LogP contribution in [-0.4, -0.2) is 39.7 Å². The molecule has 0 saturated heterocycles. The minimum absolute atomic E-state index is 0.612. The molecule has 0 fully saturated rings. The summed E-state index contributed by atoms with van der Waals surface area (Å²) in [6.07, 6.45) is 1.90. The number of carboxylic acids is 1. The summed E-state index contributed by atoms with van der Waals surface area (Å²) in [6.45, 7) is 12.4. The topological polar surface area (TPSA) is 62.7 Å². The molecule has 1 aromatic heterocycles. The second-order valence-electron chi connectivity index (χ2n) is 10.8. The summed E-state index contributed by atoms with van der Waals surface area (Å²) in [5, 5.41) is 10.2. The van der Waals surface area contributed by atoms with Crippen molar-refractivity contribution < 1.29 is 14.6 Å². The van der Waals surface area contributed by atoms with Gasteiger partial charge in [0.05, 0.1) is 5.60 Å². The number of aryl methyl sites for hydroxylation is 3. The predicted octanol–water partition coefficient (Wildman–Crippen LogP) is 6.30. The van der Waals surface area contributed by atoms with Gasteiger partial charge in [0.25, 0.3) is 0 Å². The fourth-order valence-corrected chi connectivity index (χ4v) is 5.06. The lowest BCUT2D eigenvalue weighted by molar-refractivity contribution is -0.160. The van der Waals surface area contributed by atoms with Gasteiger partial charge in [-0.05, 0) is 76.3 Å². The standard InChI is InChI=1S/C31H38N2O3/c1-21-13-15-24(16-14-21)28-25-20-33(18-9-12-23-10-7-6-8-11-23)19-17-26(25)32-22(2)27(28)29(30(34)35)36-31(3,4)5/h6-8,10-11,13-16,29H,9,12,17-20H2,1-5H3,(H,34,35)/t29-/m0/s1. The van der Waals surface area contributed by atoms with Crippen molar-refractivity contribution in [2.24, 2.45) is 0 Å². The third-order valence-electron chi connectivity index (χ3n) is 6.74. The molecule has 2 heterocycles. The van der Waals surface area contributed by atoms with E-state index < -0.39 is 17.7 Å². The van der Waals surface area contributed by atoms with E-state index in [1.165, 1.54) is 11.1 Å². The summed E-state index contributed by atoms with van der Waals surface area (Å²) in [5.41, 5.74) is 7.53. The van der Waals surface area contributed by atoms with Gasteiger partial charge in [-0.2, -0.15) is 0 Å². The summed E-state index contributed by atoms with van der Waals surface area (Å²) in [7, 11) is 0. The maximum atomic E-state index is 12.5. The Balaban J connectivity index is 1.72. The minimum Gasteiger partial charge on any atom is -0.479 e. The van der Waals surface area contributed by atoms with Crippen LogP contribution in [0.1, 0.15) is 66.9 Å². The van der Waals surface area contributed by atoms with E-state index in [0.29, 0.717) is 5.56 Å². The van der Waals surface area contributed by atoms with Crippen molar-refractivity contribution in [3.63, 3.8) is 0 Å². The molecular weight excluding hydrogens is 448 g/mol. The molecule has 0 amide bonds. The van der Waals surface area contributed by atoms with Crippen LogP contribution < -0.4 is 0 Å². The van der Waals surface area contributed by atoms with Crippen LogP contribution in [-0.2, 0) is 28.9 Å². The van der Waals surface area contributed by atoms with Crippen molar-refractivity contribution in [3.8, 4) is 11.1 Å². The number of aromatic nitrogens is 1. The first kappa shape index (κ1) is 26.1. The van der Waals surface area contributed by atoms with Gasteiger partial charge in [-0.1, -0.05) is 60.2 Å². The third-order valence-corrected chi connectivity index (χ3v) is 6.74. The second kappa shape index (κ2) is 10.9. The molecule has 5 heteroatoms. The highest BCUT2D eigenvalue weighted by Gasteiger charge is 2.34. The maximum Gasteiger partial charge on any atom is 0.337 e. The molecule has 1 aliphatic heterocycles. The van der Waals surface area contributed by atoms with Crippen LogP contribution in [0, 0.1) is 13.8 Å². The lowest BCUT2D eigenvalue weighted by Gasteiger charge is -2.33. The minimum atomic E-state index is -1.09. The second-order valence-corrected chi connectivity index (χ2v) is 10.8. The molecule has 0 unspecified atom stereocenters. The molecule has 1 N–H and O–H groups in total. The molecule has 190 valence electrons. The van der Waals surface area contributed by atoms with Gasteiger partial charge in [0, 0.05) is 36.5 Å². The molecule has 3 aromatic rings. The van der Waals surface area contributed by atoms with Gasteiger partial charge in [0.15, 0.2) is 6.10 Å². The van der Waals surface area contributed by atoms with Crippen molar-refractivity contribution in [1.82, 2.24) is 9.88 Å². The van der Waals surface area contributed by atoms with Gasteiger partial charge in [-0.3, -0.25) is 9.88 Å². The fraction of sp³-hybridized carbons (Fsp3) is 0.419. The van der Waals surface area contributed by atoms with Gasteiger partial charge in [0.1, 0.15) is 0 Å². The number of carboxylic acid groups (broad SMARTS) is 1. The Morgan fingerprint density at radius 3 is 2.42 bits per heavy atom. The van der Waals surface area contributed by atoms with Gasteiger partial charge < -0.3 is 9.84 Å². The van der Waals surface area contributed by atoms with Crippen LogP contribution in [0.4, 0.5) is 0 Å². The Morgan fingerprint density at radius 1 is 1.08 bits per heavy atom. The molecule has 4 rings (SSSR count). The first-order valence-corrected chi connectivity index (χ1v) is 12.9. The van der Waals surface area contributed by atoms with E-state index in [4.69, 9.17) is 9.72 Å². The van der Waals surface area contributed by atoms with Crippen molar-refractivity contribution in [3.05, 3.63) is 88.2 Å². The highest BCUT2D eigenvalue weighted by Crippen LogP contribution is 2.40. The number of ether oxygens (including phenoxy) is 1. The van der Waals surface area contributed by atoms with E-state index in [1.54, 1.807) is 0 Å². The molecule has 0 bridgehead atoms. The molecule has 5 nitrogen and oxygen atoms in total. The number of hydrogen-bond donors (Lipinski definition) is 1. The van der Waals surface area contributed by atoms with E-state index >= 15 is 0 Å². The largest absolute Gasteiger partial charge is 0.479 e. The number of nitrogens with zero attached hydrogens (tertiary/aromatic N) is 2. The zero-order chi connectivity index (χ0) is 25.9. The normalized spacial score (nSPS) is 14.9. The molecule has 1 aliphatic rings. The van der Waals surface area contributed by atoms with Crippen LogP contribution in [0.3, 0.4) is 0 Å². The van der Waals surface area contributed by atoms with Crippen molar-refractivity contribution in [2.75, 3.05) is 13.1 Å². The van der Waals surface area contributed by atoms with Crippen LogP contribution in [0.15, 0.2) is 54.6 Å². The van der Waals surface area contributed by atoms with Crippen LogP contribution in [0.25, 0.3) is 11.1 Å². The van der Waals surface area contributed by atoms with Crippen molar-refractivity contribution in [1.29, 1.82) is 0 Å². The quantitative estimate of drug-likeness (QED) is 0.405. The first-order valence-electron chi connectivity index (χ1n) is 12.9. The first-order chi connectivity index (χ1) is 17.1. The SMILES string of the molecule is Cc1ccc(-c2c3c(nc(C)c2[C@H](OC(C)(C)C)C(=O)O)CCN(CCCc2ccccc2)C3)cc1. The maximum absolute atomic E-state index is 12.5. The Hall–Kier alpha value is -3.02.